The van der Waals surface area contributed by atoms with Gasteiger partial charge < -0.3 is 19.3 Å². The van der Waals surface area contributed by atoms with Gasteiger partial charge in [-0.3, -0.25) is 0 Å². The second-order valence-electron chi connectivity index (χ2n) is 5.94. The van der Waals surface area contributed by atoms with Gasteiger partial charge in [-0.25, -0.2) is 0 Å². The summed E-state index contributed by atoms with van der Waals surface area (Å²) in [5, 5.41) is 11.4. The van der Waals surface area contributed by atoms with Crippen molar-refractivity contribution in [3.8, 4) is 5.75 Å². The Hall–Kier alpha value is -1.10. The molecule has 1 heterocycles. The zero-order valence-electron chi connectivity index (χ0n) is 11.7. The van der Waals surface area contributed by atoms with Crippen LogP contribution in [0.2, 0.25) is 0 Å². The van der Waals surface area contributed by atoms with E-state index in [9.17, 15) is 5.11 Å². The smallest absolute Gasteiger partial charge is 0.202 e. The van der Waals surface area contributed by atoms with Crippen molar-refractivity contribution in [2.45, 2.75) is 43.0 Å². The first-order chi connectivity index (χ1) is 9.73. The third-order valence-corrected chi connectivity index (χ3v) is 5.08. The van der Waals surface area contributed by atoms with Crippen LogP contribution in [0.4, 0.5) is 0 Å². The van der Waals surface area contributed by atoms with Crippen LogP contribution in [0.3, 0.4) is 0 Å². The van der Waals surface area contributed by atoms with Gasteiger partial charge in [0, 0.05) is 17.9 Å². The van der Waals surface area contributed by atoms with Gasteiger partial charge in [0.25, 0.3) is 0 Å². The SMILES string of the molecule is COc1cccc2c1[C@]1(O)[C@H]2CCCC12OCCCO2. The Bertz CT molecular complexity index is 530. The molecule has 108 valence electrons. The van der Waals surface area contributed by atoms with E-state index in [2.05, 4.69) is 6.07 Å². The Labute approximate surface area is 118 Å². The van der Waals surface area contributed by atoms with Gasteiger partial charge in [0.2, 0.25) is 5.79 Å². The average Bonchev–Trinajstić information content (AvgIpc) is 2.50. The van der Waals surface area contributed by atoms with Crippen molar-refractivity contribution in [1.82, 2.24) is 0 Å². The minimum absolute atomic E-state index is 0.0967. The Kier molecular flexibility index (Phi) is 2.65. The maximum Gasteiger partial charge on any atom is 0.202 e. The molecule has 4 nitrogen and oxygen atoms in total. The summed E-state index contributed by atoms with van der Waals surface area (Å²) in [6, 6.07) is 5.97. The van der Waals surface area contributed by atoms with Crippen LogP contribution in [0.25, 0.3) is 0 Å². The second kappa shape index (κ2) is 4.20. The van der Waals surface area contributed by atoms with E-state index in [1.54, 1.807) is 7.11 Å². The highest BCUT2D eigenvalue weighted by Crippen LogP contribution is 2.65. The lowest BCUT2D eigenvalue weighted by molar-refractivity contribution is -0.373. The van der Waals surface area contributed by atoms with E-state index in [1.165, 1.54) is 5.56 Å². The van der Waals surface area contributed by atoms with Gasteiger partial charge >= 0.3 is 0 Å². The Morgan fingerprint density at radius 1 is 1.25 bits per heavy atom. The zero-order chi connectivity index (χ0) is 13.8. The Balaban J connectivity index is 1.87. The van der Waals surface area contributed by atoms with Crippen molar-refractivity contribution in [2.75, 3.05) is 20.3 Å². The highest BCUT2D eigenvalue weighted by molar-refractivity contribution is 5.57. The third kappa shape index (κ3) is 1.32. The predicted octanol–water partition coefficient (Wildman–Crippen LogP) is 2.30. The molecule has 4 rings (SSSR count). The van der Waals surface area contributed by atoms with Crippen molar-refractivity contribution < 1.29 is 19.3 Å². The Morgan fingerprint density at radius 3 is 2.80 bits per heavy atom. The number of aliphatic hydroxyl groups is 1. The number of methoxy groups -OCH3 is 1. The van der Waals surface area contributed by atoms with Crippen LogP contribution in [0, 0.1) is 0 Å². The minimum Gasteiger partial charge on any atom is -0.496 e. The molecule has 1 spiro atoms. The van der Waals surface area contributed by atoms with Crippen LogP contribution in [0.1, 0.15) is 42.7 Å². The zero-order valence-corrected chi connectivity index (χ0v) is 11.7. The highest BCUT2D eigenvalue weighted by atomic mass is 16.7. The van der Waals surface area contributed by atoms with Gasteiger partial charge in [-0.15, -0.1) is 0 Å². The van der Waals surface area contributed by atoms with Crippen LogP contribution in [0.15, 0.2) is 18.2 Å². The van der Waals surface area contributed by atoms with Crippen LogP contribution in [-0.4, -0.2) is 31.2 Å². The fourth-order valence-electron chi connectivity index (χ4n) is 4.23. The van der Waals surface area contributed by atoms with Gasteiger partial charge in [-0.1, -0.05) is 12.1 Å². The summed E-state index contributed by atoms with van der Waals surface area (Å²) in [5.41, 5.74) is 0.992. The molecule has 0 unspecified atom stereocenters. The first kappa shape index (κ1) is 12.6. The lowest BCUT2D eigenvalue weighted by Gasteiger charge is -2.60. The first-order valence-corrected chi connectivity index (χ1v) is 7.40. The molecule has 0 bridgehead atoms. The molecular formula is C16H20O4. The van der Waals surface area contributed by atoms with Crippen molar-refractivity contribution in [2.24, 2.45) is 0 Å². The molecule has 1 N–H and O–H groups in total. The number of rotatable bonds is 1. The normalized spacial score (nSPS) is 34.0. The van der Waals surface area contributed by atoms with Gasteiger partial charge in [0.05, 0.1) is 20.3 Å². The van der Waals surface area contributed by atoms with E-state index in [-0.39, 0.29) is 5.92 Å². The first-order valence-electron chi connectivity index (χ1n) is 7.40. The van der Waals surface area contributed by atoms with Gasteiger partial charge in [-0.2, -0.15) is 0 Å². The average molecular weight is 276 g/mol. The van der Waals surface area contributed by atoms with E-state index in [0.717, 1.165) is 37.0 Å². The van der Waals surface area contributed by atoms with Crippen LogP contribution < -0.4 is 4.74 Å². The second-order valence-corrected chi connectivity index (χ2v) is 5.94. The van der Waals surface area contributed by atoms with Crippen LogP contribution >= 0.6 is 0 Å². The number of fused-ring (bicyclic) bond motifs is 5. The van der Waals surface area contributed by atoms with Gasteiger partial charge in [0.1, 0.15) is 5.75 Å². The molecule has 0 amide bonds. The lowest BCUT2D eigenvalue weighted by atomic mass is 9.54. The van der Waals surface area contributed by atoms with E-state index in [4.69, 9.17) is 14.2 Å². The molecule has 1 aromatic rings. The van der Waals surface area contributed by atoms with E-state index >= 15 is 0 Å². The minimum atomic E-state index is -1.06. The number of benzene rings is 1. The van der Waals surface area contributed by atoms with Crippen molar-refractivity contribution >= 4 is 0 Å². The summed E-state index contributed by atoms with van der Waals surface area (Å²) < 4.78 is 17.4. The van der Waals surface area contributed by atoms with Crippen molar-refractivity contribution in [3.05, 3.63) is 29.3 Å². The molecule has 1 saturated heterocycles. The van der Waals surface area contributed by atoms with E-state index < -0.39 is 11.4 Å². The van der Waals surface area contributed by atoms with Crippen molar-refractivity contribution in [3.63, 3.8) is 0 Å². The largest absolute Gasteiger partial charge is 0.496 e. The summed E-state index contributed by atoms with van der Waals surface area (Å²) in [5.74, 6) is -0.0461. The Morgan fingerprint density at radius 2 is 2.05 bits per heavy atom. The molecular weight excluding hydrogens is 256 g/mol. The number of ether oxygens (including phenoxy) is 3. The van der Waals surface area contributed by atoms with Crippen LogP contribution in [-0.2, 0) is 15.1 Å². The summed E-state index contributed by atoms with van der Waals surface area (Å²) in [4.78, 5) is 0. The van der Waals surface area contributed by atoms with Gasteiger partial charge in [0.15, 0.2) is 5.60 Å². The van der Waals surface area contributed by atoms with Crippen LogP contribution in [0.5, 0.6) is 5.75 Å². The standard InChI is InChI=1S/C16H20O4/c1-18-13-7-2-5-11-12-6-3-8-15(16(12,17)14(11)13)19-9-4-10-20-15/h2,5,7,12,17H,3-4,6,8-10H2,1H3/t12-,16+/m0/s1. The summed E-state index contributed by atoms with van der Waals surface area (Å²) in [6.07, 6.45) is 3.63. The van der Waals surface area contributed by atoms with E-state index in [1.807, 2.05) is 12.1 Å². The maximum absolute atomic E-state index is 11.4. The van der Waals surface area contributed by atoms with Crippen molar-refractivity contribution in [1.29, 1.82) is 0 Å². The molecule has 2 aliphatic carbocycles. The molecule has 1 saturated carbocycles. The summed E-state index contributed by atoms with van der Waals surface area (Å²) in [7, 11) is 1.64. The topological polar surface area (TPSA) is 47.9 Å². The molecule has 0 aromatic heterocycles. The molecule has 2 fully saturated rings. The molecule has 0 radical (unpaired) electrons. The predicted molar refractivity (Wildman–Crippen MR) is 72.7 cm³/mol. The van der Waals surface area contributed by atoms with Gasteiger partial charge in [-0.05, 0) is 30.9 Å². The molecule has 3 aliphatic rings. The monoisotopic (exact) mass is 276 g/mol. The number of hydrogen-bond donors (Lipinski definition) is 1. The molecule has 20 heavy (non-hydrogen) atoms. The maximum atomic E-state index is 11.4. The van der Waals surface area contributed by atoms with E-state index in [0.29, 0.717) is 13.2 Å². The molecule has 1 aliphatic heterocycles. The third-order valence-electron chi connectivity index (χ3n) is 5.08. The fraction of sp³-hybridized carbons (Fsp3) is 0.625. The highest BCUT2D eigenvalue weighted by Gasteiger charge is 2.68. The lowest BCUT2D eigenvalue weighted by Crippen LogP contribution is -2.66. The fourth-order valence-corrected chi connectivity index (χ4v) is 4.23. The molecule has 2 atom stereocenters. The summed E-state index contributed by atoms with van der Waals surface area (Å²) >= 11 is 0. The summed E-state index contributed by atoms with van der Waals surface area (Å²) in [6.45, 7) is 1.30. The number of hydrogen-bond acceptors (Lipinski definition) is 4. The molecule has 1 aromatic carbocycles. The molecule has 4 heteroatoms. The quantitative estimate of drug-likeness (QED) is 0.855.